The van der Waals surface area contributed by atoms with E-state index < -0.39 is 9.84 Å². The summed E-state index contributed by atoms with van der Waals surface area (Å²) in [5.74, 6) is 0.319. The second-order valence-electron chi connectivity index (χ2n) is 4.78. The van der Waals surface area contributed by atoms with Gasteiger partial charge in [0.25, 0.3) is 0 Å². The van der Waals surface area contributed by atoms with E-state index in [9.17, 15) is 8.42 Å². The normalized spacial score (nSPS) is 43.3. The van der Waals surface area contributed by atoms with Crippen molar-refractivity contribution in [1.29, 1.82) is 0 Å². The van der Waals surface area contributed by atoms with Gasteiger partial charge in [-0.05, 0) is 11.8 Å². The van der Waals surface area contributed by atoms with E-state index in [2.05, 4.69) is 0 Å². The third-order valence-electron chi connectivity index (χ3n) is 3.95. The summed E-state index contributed by atoms with van der Waals surface area (Å²) in [6.45, 7) is 0. The van der Waals surface area contributed by atoms with Gasteiger partial charge in [-0.25, -0.2) is 8.42 Å². The van der Waals surface area contributed by atoms with Gasteiger partial charge in [0.1, 0.15) is 0 Å². The van der Waals surface area contributed by atoms with Crippen LogP contribution in [0.5, 0.6) is 0 Å². The molecule has 4 unspecified atom stereocenters. The molecule has 1 saturated carbocycles. The first-order chi connectivity index (χ1) is 7.83. The molecule has 0 spiro atoms. The highest BCUT2D eigenvalue weighted by atomic mass is 35.5. The summed E-state index contributed by atoms with van der Waals surface area (Å²) in [7, 11) is -2.97. The molecule has 3 aliphatic rings. The highest BCUT2D eigenvalue weighted by molar-refractivity contribution is 7.91. The molecule has 0 aromatic carbocycles. The standard InChI is InChI=1S/C10H8Cl4O2S/c11-7-5-3-1-17(15,16)2-4(3)6(5)8(12)10(14)9(7)13/h3-6H,1-2H2. The maximum absolute atomic E-state index is 11.6. The topological polar surface area (TPSA) is 34.1 Å². The molecular formula is C10H8Cl4O2S. The summed E-state index contributed by atoms with van der Waals surface area (Å²) in [5, 5.41) is 1.46. The first kappa shape index (κ1) is 12.6. The van der Waals surface area contributed by atoms with Gasteiger partial charge in [-0.2, -0.15) is 0 Å². The van der Waals surface area contributed by atoms with E-state index in [1.54, 1.807) is 0 Å². The fraction of sp³-hybridized carbons (Fsp3) is 0.600. The van der Waals surface area contributed by atoms with Crippen molar-refractivity contribution in [3.8, 4) is 0 Å². The molecule has 1 heterocycles. The summed E-state index contributed by atoms with van der Waals surface area (Å²) >= 11 is 24.3. The third-order valence-corrected chi connectivity index (χ3v) is 7.69. The van der Waals surface area contributed by atoms with Gasteiger partial charge in [0, 0.05) is 21.9 Å². The van der Waals surface area contributed by atoms with Crippen molar-refractivity contribution >= 4 is 56.2 Å². The van der Waals surface area contributed by atoms with Crippen LogP contribution in [0.4, 0.5) is 0 Å². The van der Waals surface area contributed by atoms with E-state index in [0.717, 1.165) is 0 Å². The molecule has 2 fully saturated rings. The Morgan fingerprint density at radius 1 is 0.824 bits per heavy atom. The van der Waals surface area contributed by atoms with Crippen molar-refractivity contribution in [3.63, 3.8) is 0 Å². The van der Waals surface area contributed by atoms with Crippen LogP contribution in [-0.2, 0) is 9.84 Å². The molecule has 0 N–H and O–H groups in total. The average Bonchev–Trinajstić information content (AvgIpc) is 2.49. The third kappa shape index (κ3) is 1.63. The predicted molar refractivity (Wildman–Crippen MR) is 70.1 cm³/mol. The van der Waals surface area contributed by atoms with Gasteiger partial charge < -0.3 is 0 Å². The number of hydrogen-bond donors (Lipinski definition) is 0. The smallest absolute Gasteiger partial charge is 0.150 e. The lowest BCUT2D eigenvalue weighted by Gasteiger charge is -2.50. The molecule has 4 atom stereocenters. The van der Waals surface area contributed by atoms with E-state index in [1.807, 2.05) is 0 Å². The monoisotopic (exact) mass is 332 g/mol. The van der Waals surface area contributed by atoms with E-state index in [1.165, 1.54) is 0 Å². The zero-order chi connectivity index (χ0) is 12.5. The van der Waals surface area contributed by atoms with E-state index in [0.29, 0.717) is 10.1 Å². The zero-order valence-electron chi connectivity index (χ0n) is 8.46. The molecule has 3 rings (SSSR count). The molecular weight excluding hydrogens is 326 g/mol. The maximum atomic E-state index is 11.6. The van der Waals surface area contributed by atoms with Crippen molar-refractivity contribution in [1.82, 2.24) is 0 Å². The fourth-order valence-electron chi connectivity index (χ4n) is 3.22. The molecule has 7 heteroatoms. The Morgan fingerprint density at radius 3 is 1.53 bits per heavy atom. The van der Waals surface area contributed by atoms with Gasteiger partial charge in [-0.1, -0.05) is 46.4 Å². The molecule has 1 aliphatic heterocycles. The molecule has 0 aromatic rings. The number of halogens is 4. The van der Waals surface area contributed by atoms with Crippen molar-refractivity contribution in [2.75, 3.05) is 11.5 Å². The van der Waals surface area contributed by atoms with Crippen LogP contribution in [0.15, 0.2) is 20.1 Å². The Morgan fingerprint density at radius 2 is 1.18 bits per heavy atom. The van der Waals surface area contributed by atoms with E-state index in [-0.39, 0.29) is 45.2 Å². The Balaban J connectivity index is 2.06. The molecule has 0 aromatic heterocycles. The van der Waals surface area contributed by atoms with Crippen molar-refractivity contribution in [3.05, 3.63) is 20.1 Å². The first-order valence-electron chi connectivity index (χ1n) is 5.14. The number of rotatable bonds is 0. The summed E-state index contributed by atoms with van der Waals surface area (Å²) in [5.41, 5.74) is 0. The molecule has 0 bridgehead atoms. The molecule has 94 valence electrons. The number of hydrogen-bond acceptors (Lipinski definition) is 2. The van der Waals surface area contributed by atoms with Crippen LogP contribution in [0.2, 0.25) is 0 Å². The van der Waals surface area contributed by atoms with Crippen LogP contribution in [0.1, 0.15) is 0 Å². The van der Waals surface area contributed by atoms with Crippen LogP contribution >= 0.6 is 46.4 Å². The van der Waals surface area contributed by atoms with Crippen molar-refractivity contribution in [2.45, 2.75) is 0 Å². The Labute approximate surface area is 119 Å². The molecule has 0 amide bonds. The molecule has 2 nitrogen and oxygen atoms in total. The lowest BCUT2D eigenvalue weighted by Crippen LogP contribution is -2.48. The van der Waals surface area contributed by atoms with Gasteiger partial charge in [-0.15, -0.1) is 0 Å². The lowest BCUT2D eigenvalue weighted by atomic mass is 9.56. The van der Waals surface area contributed by atoms with Gasteiger partial charge in [0.2, 0.25) is 0 Å². The van der Waals surface area contributed by atoms with E-state index >= 15 is 0 Å². The average molecular weight is 334 g/mol. The molecule has 1 saturated heterocycles. The summed E-state index contributed by atoms with van der Waals surface area (Å²) in [6, 6.07) is 0. The van der Waals surface area contributed by atoms with Crippen LogP contribution in [0.3, 0.4) is 0 Å². The Kier molecular flexibility index (Phi) is 2.82. The first-order valence-corrected chi connectivity index (χ1v) is 8.48. The second-order valence-corrected chi connectivity index (χ2v) is 8.50. The van der Waals surface area contributed by atoms with Crippen LogP contribution in [0, 0.1) is 23.7 Å². The quantitative estimate of drug-likeness (QED) is 0.681. The SMILES string of the molecule is O=S1(=O)CC2C(C1)C1C(Cl)=C(Cl)C(Cl)=C(Cl)C21. The van der Waals surface area contributed by atoms with Gasteiger partial charge in [-0.3, -0.25) is 0 Å². The predicted octanol–water partition coefficient (Wildman–Crippen LogP) is 3.29. The minimum atomic E-state index is -2.97. The Bertz CT molecular complexity index is 519. The van der Waals surface area contributed by atoms with Gasteiger partial charge >= 0.3 is 0 Å². The van der Waals surface area contributed by atoms with Crippen LogP contribution in [-0.4, -0.2) is 19.9 Å². The summed E-state index contributed by atoms with van der Waals surface area (Å²) < 4.78 is 23.3. The number of fused-ring (bicyclic) bond motifs is 4. The highest BCUT2D eigenvalue weighted by Gasteiger charge is 2.61. The summed E-state index contributed by atoms with van der Waals surface area (Å²) in [6.07, 6.45) is 0. The fourth-order valence-corrected chi connectivity index (χ4v) is 6.78. The van der Waals surface area contributed by atoms with Crippen molar-refractivity contribution in [2.24, 2.45) is 23.7 Å². The molecule has 0 radical (unpaired) electrons. The lowest BCUT2D eigenvalue weighted by molar-refractivity contribution is 0.0824. The Hall–Kier alpha value is 0.590. The van der Waals surface area contributed by atoms with Gasteiger partial charge in [0.05, 0.1) is 21.6 Å². The number of allylic oxidation sites excluding steroid dienone is 4. The second kappa shape index (κ2) is 3.80. The number of sulfone groups is 1. The summed E-state index contributed by atoms with van der Waals surface area (Å²) in [4.78, 5) is 0. The maximum Gasteiger partial charge on any atom is 0.150 e. The van der Waals surface area contributed by atoms with Crippen molar-refractivity contribution < 1.29 is 8.42 Å². The van der Waals surface area contributed by atoms with Crippen LogP contribution < -0.4 is 0 Å². The molecule has 17 heavy (non-hydrogen) atoms. The van der Waals surface area contributed by atoms with Crippen LogP contribution in [0.25, 0.3) is 0 Å². The van der Waals surface area contributed by atoms with Gasteiger partial charge in [0.15, 0.2) is 9.84 Å². The van der Waals surface area contributed by atoms with E-state index in [4.69, 9.17) is 46.4 Å². The highest BCUT2D eigenvalue weighted by Crippen LogP contribution is 2.63. The molecule has 2 aliphatic carbocycles. The zero-order valence-corrected chi connectivity index (χ0v) is 12.3. The largest absolute Gasteiger partial charge is 0.229 e. The minimum absolute atomic E-state index is 0.0461. The minimum Gasteiger partial charge on any atom is -0.229 e.